The summed E-state index contributed by atoms with van der Waals surface area (Å²) in [6.45, 7) is 2.62. The number of nitrogen functional groups attached to an aromatic ring is 1. The lowest BCUT2D eigenvalue weighted by atomic mass is 10.2. The van der Waals surface area contributed by atoms with Crippen LogP contribution < -0.4 is 10.5 Å². The summed E-state index contributed by atoms with van der Waals surface area (Å²) >= 11 is 5.87. The minimum absolute atomic E-state index is 0.493. The first kappa shape index (κ1) is 12.8. The summed E-state index contributed by atoms with van der Waals surface area (Å²) in [6.07, 6.45) is 1.04. The number of halogens is 1. The van der Waals surface area contributed by atoms with Crippen LogP contribution in [0.5, 0.6) is 5.75 Å². The monoisotopic (exact) mass is 261 g/mol. The van der Waals surface area contributed by atoms with Crippen LogP contribution in [-0.2, 0) is 13.0 Å². The summed E-state index contributed by atoms with van der Waals surface area (Å²) in [5, 5.41) is 0.575. The van der Waals surface area contributed by atoms with Crippen LogP contribution in [0, 0.1) is 0 Å². The van der Waals surface area contributed by atoms with E-state index < -0.39 is 0 Å². The fourth-order valence-electron chi connectivity index (χ4n) is 1.67. The standard InChI is InChI=1S/C15H16ClNO/c1-2-11-3-6-13(7-4-11)18-10-12-5-8-14(16)15(17)9-12/h3-9H,2,10,17H2,1H3. The summed E-state index contributed by atoms with van der Waals surface area (Å²) in [6, 6.07) is 13.7. The molecule has 0 aliphatic heterocycles. The Bertz CT molecular complexity index is 523. The van der Waals surface area contributed by atoms with E-state index in [1.165, 1.54) is 5.56 Å². The third-order valence-electron chi connectivity index (χ3n) is 2.80. The molecule has 2 nitrogen and oxygen atoms in total. The van der Waals surface area contributed by atoms with Crippen molar-refractivity contribution in [1.82, 2.24) is 0 Å². The molecule has 2 aromatic carbocycles. The molecule has 94 valence electrons. The Balaban J connectivity index is 1.99. The molecule has 2 aromatic rings. The zero-order chi connectivity index (χ0) is 13.0. The fourth-order valence-corrected chi connectivity index (χ4v) is 1.79. The highest BCUT2D eigenvalue weighted by Crippen LogP contribution is 2.21. The molecule has 0 unspecified atom stereocenters. The van der Waals surface area contributed by atoms with E-state index in [1.54, 1.807) is 6.07 Å². The third kappa shape index (κ3) is 3.17. The molecule has 0 saturated heterocycles. The summed E-state index contributed by atoms with van der Waals surface area (Å²) in [5.41, 5.74) is 8.64. The maximum Gasteiger partial charge on any atom is 0.119 e. The molecule has 18 heavy (non-hydrogen) atoms. The average molecular weight is 262 g/mol. The lowest BCUT2D eigenvalue weighted by Gasteiger charge is -2.08. The molecule has 0 radical (unpaired) electrons. The van der Waals surface area contributed by atoms with Crippen LogP contribution in [0.15, 0.2) is 42.5 Å². The highest BCUT2D eigenvalue weighted by atomic mass is 35.5. The molecule has 0 saturated carbocycles. The summed E-state index contributed by atoms with van der Waals surface area (Å²) in [7, 11) is 0. The normalized spacial score (nSPS) is 10.3. The Morgan fingerprint density at radius 1 is 1.06 bits per heavy atom. The van der Waals surface area contributed by atoms with Gasteiger partial charge in [-0.2, -0.15) is 0 Å². The van der Waals surface area contributed by atoms with Gasteiger partial charge in [-0.3, -0.25) is 0 Å². The van der Waals surface area contributed by atoms with Crippen molar-refractivity contribution in [3.8, 4) is 5.75 Å². The number of rotatable bonds is 4. The van der Waals surface area contributed by atoms with Gasteiger partial charge in [-0.25, -0.2) is 0 Å². The second-order valence-corrected chi connectivity index (χ2v) is 4.55. The van der Waals surface area contributed by atoms with Gasteiger partial charge < -0.3 is 10.5 Å². The molecule has 0 aliphatic carbocycles. The van der Waals surface area contributed by atoms with E-state index >= 15 is 0 Å². The molecule has 0 aromatic heterocycles. The highest BCUT2D eigenvalue weighted by Gasteiger charge is 2.00. The van der Waals surface area contributed by atoms with Crippen LogP contribution in [-0.4, -0.2) is 0 Å². The zero-order valence-corrected chi connectivity index (χ0v) is 11.1. The Morgan fingerprint density at radius 2 is 1.72 bits per heavy atom. The van der Waals surface area contributed by atoms with Gasteiger partial charge in [0.15, 0.2) is 0 Å². The second kappa shape index (κ2) is 5.78. The number of anilines is 1. The van der Waals surface area contributed by atoms with Crippen LogP contribution in [0.25, 0.3) is 0 Å². The van der Waals surface area contributed by atoms with E-state index in [9.17, 15) is 0 Å². The first-order valence-corrected chi connectivity index (χ1v) is 6.32. The van der Waals surface area contributed by atoms with Gasteiger partial charge in [0.05, 0.1) is 10.7 Å². The van der Waals surface area contributed by atoms with Gasteiger partial charge in [0.25, 0.3) is 0 Å². The Labute approximate surface area is 112 Å². The molecule has 0 heterocycles. The van der Waals surface area contributed by atoms with Crippen LogP contribution in [0.1, 0.15) is 18.1 Å². The largest absolute Gasteiger partial charge is 0.489 e. The first-order valence-electron chi connectivity index (χ1n) is 5.94. The minimum Gasteiger partial charge on any atom is -0.489 e. The number of hydrogen-bond acceptors (Lipinski definition) is 2. The molecule has 2 rings (SSSR count). The van der Waals surface area contributed by atoms with Crippen molar-refractivity contribution in [2.75, 3.05) is 5.73 Å². The summed E-state index contributed by atoms with van der Waals surface area (Å²) in [5.74, 6) is 0.862. The van der Waals surface area contributed by atoms with Crippen molar-refractivity contribution in [3.05, 3.63) is 58.6 Å². The summed E-state index contributed by atoms with van der Waals surface area (Å²) < 4.78 is 5.69. The average Bonchev–Trinajstić information content (AvgIpc) is 2.41. The highest BCUT2D eigenvalue weighted by molar-refractivity contribution is 6.33. The Kier molecular flexibility index (Phi) is 4.11. The van der Waals surface area contributed by atoms with Crippen LogP contribution in [0.3, 0.4) is 0 Å². The van der Waals surface area contributed by atoms with Gasteiger partial charge in [0.1, 0.15) is 12.4 Å². The zero-order valence-electron chi connectivity index (χ0n) is 10.3. The van der Waals surface area contributed by atoms with Gasteiger partial charge in [0, 0.05) is 0 Å². The predicted molar refractivity (Wildman–Crippen MR) is 76.0 cm³/mol. The van der Waals surface area contributed by atoms with Crippen molar-refractivity contribution < 1.29 is 4.74 Å². The molecular formula is C15H16ClNO. The van der Waals surface area contributed by atoms with Gasteiger partial charge >= 0.3 is 0 Å². The number of benzene rings is 2. The molecule has 2 N–H and O–H groups in total. The van der Waals surface area contributed by atoms with E-state index in [0.717, 1.165) is 17.7 Å². The van der Waals surface area contributed by atoms with Gasteiger partial charge in [0.2, 0.25) is 0 Å². The predicted octanol–water partition coefficient (Wildman–Crippen LogP) is 4.06. The first-order chi connectivity index (χ1) is 8.69. The lowest BCUT2D eigenvalue weighted by Crippen LogP contribution is -1.97. The lowest BCUT2D eigenvalue weighted by molar-refractivity contribution is 0.306. The second-order valence-electron chi connectivity index (χ2n) is 4.14. The molecule has 0 bridgehead atoms. The smallest absolute Gasteiger partial charge is 0.119 e. The number of ether oxygens (including phenoxy) is 1. The molecule has 0 aliphatic rings. The van der Waals surface area contributed by atoms with E-state index in [2.05, 4.69) is 19.1 Å². The van der Waals surface area contributed by atoms with E-state index in [0.29, 0.717) is 17.3 Å². The van der Waals surface area contributed by atoms with Crippen molar-refractivity contribution in [2.24, 2.45) is 0 Å². The van der Waals surface area contributed by atoms with Crippen molar-refractivity contribution in [2.45, 2.75) is 20.0 Å². The molecular weight excluding hydrogens is 246 g/mol. The maximum atomic E-state index is 5.87. The summed E-state index contributed by atoms with van der Waals surface area (Å²) in [4.78, 5) is 0. The molecule has 0 spiro atoms. The van der Waals surface area contributed by atoms with Crippen LogP contribution in [0.4, 0.5) is 5.69 Å². The molecule has 0 fully saturated rings. The molecule has 0 amide bonds. The fraction of sp³-hybridized carbons (Fsp3) is 0.200. The van der Waals surface area contributed by atoms with Gasteiger partial charge in [-0.15, -0.1) is 0 Å². The topological polar surface area (TPSA) is 35.2 Å². The van der Waals surface area contributed by atoms with Crippen molar-refractivity contribution >= 4 is 17.3 Å². The number of hydrogen-bond donors (Lipinski definition) is 1. The number of aryl methyl sites for hydroxylation is 1. The van der Waals surface area contributed by atoms with Gasteiger partial charge in [-0.05, 0) is 41.8 Å². The molecule has 0 atom stereocenters. The van der Waals surface area contributed by atoms with E-state index in [4.69, 9.17) is 22.1 Å². The van der Waals surface area contributed by atoms with Crippen molar-refractivity contribution in [3.63, 3.8) is 0 Å². The van der Waals surface area contributed by atoms with Crippen molar-refractivity contribution in [1.29, 1.82) is 0 Å². The quantitative estimate of drug-likeness (QED) is 0.843. The minimum atomic E-state index is 0.493. The molecule has 3 heteroatoms. The Hall–Kier alpha value is -1.67. The van der Waals surface area contributed by atoms with Crippen LogP contribution in [0.2, 0.25) is 5.02 Å². The van der Waals surface area contributed by atoms with Crippen LogP contribution >= 0.6 is 11.6 Å². The Morgan fingerprint density at radius 3 is 2.33 bits per heavy atom. The maximum absolute atomic E-state index is 5.87. The van der Waals surface area contributed by atoms with Gasteiger partial charge in [-0.1, -0.05) is 36.7 Å². The third-order valence-corrected chi connectivity index (χ3v) is 3.14. The SMILES string of the molecule is CCc1ccc(OCc2ccc(Cl)c(N)c2)cc1. The van der Waals surface area contributed by atoms with E-state index in [-0.39, 0.29) is 0 Å². The van der Waals surface area contributed by atoms with E-state index in [1.807, 2.05) is 24.3 Å². The number of nitrogens with two attached hydrogens (primary N) is 1.